The highest BCUT2D eigenvalue weighted by atomic mass is 32.2. The first-order valence-corrected chi connectivity index (χ1v) is 11.4. The van der Waals surface area contributed by atoms with Crippen molar-refractivity contribution in [1.82, 2.24) is 0 Å². The number of hydrogen-bond acceptors (Lipinski definition) is 4. The van der Waals surface area contributed by atoms with E-state index >= 15 is 0 Å². The van der Waals surface area contributed by atoms with Crippen LogP contribution >= 0.6 is 11.8 Å². The first-order valence-electron chi connectivity index (χ1n) is 7.14. The van der Waals surface area contributed by atoms with Crippen LogP contribution in [0, 0.1) is 0 Å². The molecule has 1 aliphatic heterocycles. The Morgan fingerprint density at radius 2 is 1.95 bits per heavy atom. The van der Waals surface area contributed by atoms with Crippen LogP contribution < -0.4 is 0 Å². The Labute approximate surface area is 128 Å². The van der Waals surface area contributed by atoms with E-state index in [2.05, 4.69) is 33.9 Å². The normalized spacial score (nSPS) is 31.8. The van der Waals surface area contributed by atoms with E-state index in [1.54, 1.807) is 19.6 Å². The summed E-state index contributed by atoms with van der Waals surface area (Å²) in [5.41, 5.74) is 0. The standard InChI is InChI=1S/C13H28BFO3SSi/c1-13(2,3)20(5,6)17-7-9-11(16-8-19-4)10(15)12(14)18-9/h9-12H,7-8,14H2,1-6H3/t9-,10?,11?,12?/m1/s1. The summed E-state index contributed by atoms with van der Waals surface area (Å²) in [6, 6.07) is -0.421. The summed E-state index contributed by atoms with van der Waals surface area (Å²) >= 11 is 1.55. The van der Waals surface area contributed by atoms with Crippen molar-refractivity contribution in [2.45, 2.75) is 63.3 Å². The van der Waals surface area contributed by atoms with Gasteiger partial charge in [0.25, 0.3) is 0 Å². The molecule has 0 saturated carbocycles. The predicted molar refractivity (Wildman–Crippen MR) is 88.5 cm³/mol. The molecule has 3 unspecified atom stereocenters. The Morgan fingerprint density at radius 3 is 2.45 bits per heavy atom. The van der Waals surface area contributed by atoms with E-state index in [-0.39, 0.29) is 11.1 Å². The largest absolute Gasteiger partial charge is 0.414 e. The zero-order valence-corrected chi connectivity index (χ0v) is 15.6. The van der Waals surface area contributed by atoms with Crippen LogP contribution in [-0.2, 0) is 13.9 Å². The summed E-state index contributed by atoms with van der Waals surface area (Å²) in [5.74, 6) is 0.484. The maximum absolute atomic E-state index is 14.1. The van der Waals surface area contributed by atoms with E-state index in [1.807, 2.05) is 6.26 Å². The average molecular weight is 322 g/mol. The van der Waals surface area contributed by atoms with Crippen LogP contribution in [0.15, 0.2) is 0 Å². The van der Waals surface area contributed by atoms with Crippen LogP contribution in [0.2, 0.25) is 18.1 Å². The minimum Gasteiger partial charge on any atom is -0.414 e. The molecular weight excluding hydrogens is 294 g/mol. The number of alkyl halides is 1. The molecule has 1 rings (SSSR count). The van der Waals surface area contributed by atoms with Crippen molar-refractivity contribution in [3.8, 4) is 0 Å². The third-order valence-corrected chi connectivity index (χ3v) is 9.18. The van der Waals surface area contributed by atoms with Gasteiger partial charge in [-0.1, -0.05) is 20.8 Å². The number of halogens is 1. The van der Waals surface area contributed by atoms with Gasteiger partial charge in [-0.3, -0.25) is 0 Å². The Balaban J connectivity index is 2.61. The third-order valence-electron chi connectivity index (χ3n) is 4.31. The SMILES string of the molecule is BC1O[C@H](CO[Si](C)(C)C(C)(C)C)C(OCSC)C1F. The number of thioether (sulfide) groups is 1. The van der Waals surface area contributed by atoms with Gasteiger partial charge < -0.3 is 13.9 Å². The Morgan fingerprint density at radius 1 is 1.35 bits per heavy atom. The van der Waals surface area contributed by atoms with Crippen molar-refractivity contribution < 1.29 is 18.3 Å². The molecule has 1 aliphatic rings. The number of rotatable bonds is 6. The molecule has 0 amide bonds. The topological polar surface area (TPSA) is 27.7 Å². The Bertz CT molecular complexity index is 314. The summed E-state index contributed by atoms with van der Waals surface area (Å²) in [4.78, 5) is 0. The molecule has 0 aliphatic carbocycles. The second-order valence-electron chi connectivity index (χ2n) is 6.93. The van der Waals surface area contributed by atoms with Crippen LogP contribution in [0.25, 0.3) is 0 Å². The van der Waals surface area contributed by atoms with Crippen molar-refractivity contribution >= 4 is 27.9 Å². The van der Waals surface area contributed by atoms with Crippen molar-refractivity contribution in [1.29, 1.82) is 0 Å². The van der Waals surface area contributed by atoms with Crippen LogP contribution in [0.3, 0.4) is 0 Å². The van der Waals surface area contributed by atoms with Crippen molar-refractivity contribution in [2.75, 3.05) is 18.8 Å². The molecule has 0 spiro atoms. The molecule has 1 fully saturated rings. The second kappa shape index (κ2) is 7.14. The van der Waals surface area contributed by atoms with Gasteiger partial charge in [-0.05, 0) is 24.4 Å². The molecule has 1 saturated heterocycles. The fraction of sp³-hybridized carbons (Fsp3) is 1.00. The molecule has 0 aromatic carbocycles. The highest BCUT2D eigenvalue weighted by Crippen LogP contribution is 2.37. The monoisotopic (exact) mass is 322 g/mol. The van der Waals surface area contributed by atoms with Crippen molar-refractivity contribution in [3.05, 3.63) is 0 Å². The first-order chi connectivity index (χ1) is 9.10. The Hall–Kier alpha value is 0.442. The van der Waals surface area contributed by atoms with Gasteiger partial charge in [0.1, 0.15) is 26.2 Å². The predicted octanol–water partition coefficient (Wildman–Crippen LogP) is 2.41. The van der Waals surface area contributed by atoms with Gasteiger partial charge in [-0.25, -0.2) is 4.39 Å². The molecule has 0 aromatic heterocycles. The van der Waals surface area contributed by atoms with Crippen LogP contribution in [-0.4, -0.2) is 59.3 Å². The Kier molecular flexibility index (Phi) is 6.60. The number of hydrogen-bond donors (Lipinski definition) is 0. The van der Waals surface area contributed by atoms with E-state index in [1.165, 1.54) is 0 Å². The van der Waals surface area contributed by atoms with Gasteiger partial charge in [0.2, 0.25) is 0 Å². The molecule has 4 atom stereocenters. The van der Waals surface area contributed by atoms with E-state index in [9.17, 15) is 4.39 Å². The lowest BCUT2D eigenvalue weighted by molar-refractivity contribution is -0.0267. The molecule has 7 heteroatoms. The molecule has 0 N–H and O–H groups in total. The molecule has 20 heavy (non-hydrogen) atoms. The zero-order valence-electron chi connectivity index (χ0n) is 13.7. The number of ether oxygens (including phenoxy) is 2. The highest BCUT2D eigenvalue weighted by molar-refractivity contribution is 7.98. The molecule has 3 nitrogen and oxygen atoms in total. The van der Waals surface area contributed by atoms with Gasteiger partial charge in [0.05, 0.1) is 18.5 Å². The van der Waals surface area contributed by atoms with E-state index < -0.39 is 26.6 Å². The van der Waals surface area contributed by atoms with Crippen molar-refractivity contribution in [2.24, 2.45) is 0 Å². The molecule has 0 radical (unpaired) electrons. The molecular formula is C13H28BFO3SSi. The fourth-order valence-electron chi connectivity index (χ4n) is 1.89. The lowest BCUT2D eigenvalue weighted by atomic mass is 9.94. The van der Waals surface area contributed by atoms with Gasteiger partial charge in [0, 0.05) is 0 Å². The molecule has 118 valence electrons. The summed E-state index contributed by atoms with van der Waals surface area (Å²) in [7, 11) is -0.0841. The average Bonchev–Trinajstić information content (AvgIpc) is 2.59. The minimum atomic E-state index is -1.84. The second-order valence-corrected chi connectivity index (χ2v) is 12.6. The van der Waals surface area contributed by atoms with E-state index in [4.69, 9.17) is 13.9 Å². The summed E-state index contributed by atoms with van der Waals surface area (Å²) < 4.78 is 31.5. The first kappa shape index (κ1) is 18.5. The maximum atomic E-state index is 14.1. The zero-order chi connectivity index (χ0) is 15.6. The minimum absolute atomic E-state index is 0.141. The maximum Gasteiger partial charge on any atom is 0.192 e. The van der Waals surface area contributed by atoms with E-state index in [0.29, 0.717) is 12.5 Å². The lowest BCUT2D eigenvalue weighted by Gasteiger charge is -2.37. The highest BCUT2D eigenvalue weighted by Gasteiger charge is 2.45. The quantitative estimate of drug-likeness (QED) is 0.554. The third kappa shape index (κ3) is 4.47. The van der Waals surface area contributed by atoms with Crippen LogP contribution in [0.4, 0.5) is 4.39 Å². The molecule has 0 aromatic rings. The van der Waals surface area contributed by atoms with Crippen LogP contribution in [0.1, 0.15) is 20.8 Å². The van der Waals surface area contributed by atoms with Gasteiger partial charge in [-0.15, -0.1) is 11.8 Å². The van der Waals surface area contributed by atoms with Crippen molar-refractivity contribution in [3.63, 3.8) is 0 Å². The smallest absolute Gasteiger partial charge is 0.192 e. The lowest BCUT2D eigenvalue weighted by Crippen LogP contribution is -2.44. The summed E-state index contributed by atoms with van der Waals surface area (Å²) in [6.07, 6.45) is 0.0480. The molecule has 1 heterocycles. The van der Waals surface area contributed by atoms with Gasteiger partial charge in [-0.2, -0.15) is 0 Å². The fourth-order valence-corrected chi connectivity index (χ4v) is 3.19. The van der Waals surface area contributed by atoms with E-state index in [0.717, 1.165) is 0 Å². The summed E-state index contributed by atoms with van der Waals surface area (Å²) in [6.45, 7) is 11.4. The van der Waals surface area contributed by atoms with Crippen LogP contribution in [0.5, 0.6) is 0 Å². The summed E-state index contributed by atoms with van der Waals surface area (Å²) in [5, 5.41) is 0.141. The van der Waals surface area contributed by atoms with Gasteiger partial charge in [0.15, 0.2) is 8.32 Å². The van der Waals surface area contributed by atoms with Gasteiger partial charge >= 0.3 is 0 Å². The molecule has 0 bridgehead atoms.